The molecule has 0 saturated carbocycles. The molecular weight excluding hydrogens is 1000 g/mol. The zero-order valence-electron chi connectivity index (χ0n) is 42.7. The number of nitrogens with one attached hydrogen (secondary N) is 5. The van der Waals surface area contributed by atoms with Crippen LogP contribution in [0.15, 0.2) is 42.9 Å². The van der Waals surface area contributed by atoms with Crippen molar-refractivity contribution in [2.75, 3.05) is 51.9 Å². The predicted molar refractivity (Wildman–Crippen MR) is 276 cm³/mol. The number of likely N-dealkylation sites (tertiary alicyclic amines) is 1. The number of carbonyl (C=O) groups is 7. The van der Waals surface area contributed by atoms with Crippen LogP contribution in [0.3, 0.4) is 0 Å². The first kappa shape index (κ1) is 63.3. The lowest BCUT2D eigenvalue weighted by Gasteiger charge is -2.29. The number of hydrogen-bond acceptors (Lipinski definition) is 15. The number of phosphoric acid groups is 1. The molecule has 1 aromatic heterocycles. The van der Waals surface area contributed by atoms with Crippen LogP contribution in [0.1, 0.15) is 96.2 Å². The molecule has 416 valence electrons. The maximum absolute atomic E-state index is 14.3. The Kier molecular flexibility index (Phi) is 29.0. The maximum atomic E-state index is 14.3. The molecule has 2 aromatic rings. The second kappa shape index (κ2) is 33.8. The molecule has 12 N–H and O–H groups in total. The number of nitrogens with zero attached hydrogens (tertiary/aromatic N) is 3. The number of nitrogens with two attached hydrogens (primary N) is 2. The molecule has 1 saturated heterocycles. The summed E-state index contributed by atoms with van der Waals surface area (Å²) in [5, 5.41) is 23.0. The fourth-order valence-electron chi connectivity index (χ4n) is 8.18. The average Bonchev–Trinajstić information content (AvgIpc) is 4.04. The molecular formula is C48H79N10O14PS. The van der Waals surface area contributed by atoms with Crippen molar-refractivity contribution in [3.8, 4) is 0 Å². The highest BCUT2D eigenvalue weighted by Gasteiger charge is 2.38. The van der Waals surface area contributed by atoms with Gasteiger partial charge in [0, 0.05) is 43.7 Å². The minimum Gasteiger partial charge on any atom is -0.394 e. The van der Waals surface area contributed by atoms with Crippen molar-refractivity contribution in [1.29, 1.82) is 0 Å². The Bertz CT molecular complexity index is 2120. The number of ether oxygens (including phenoxy) is 2. The van der Waals surface area contributed by atoms with Crippen LogP contribution in [0.4, 0.5) is 0 Å². The highest BCUT2D eigenvalue weighted by molar-refractivity contribution is 7.80. The zero-order chi connectivity index (χ0) is 54.6. The molecule has 1 fully saturated rings. The fourth-order valence-corrected chi connectivity index (χ4v) is 8.91. The Balaban J connectivity index is 1.70. The van der Waals surface area contributed by atoms with Crippen LogP contribution in [-0.4, -0.2) is 165 Å². The van der Waals surface area contributed by atoms with E-state index < -0.39 is 86.3 Å². The molecule has 7 amide bonds. The number of aliphatic hydroxyl groups is 1. The Morgan fingerprint density at radius 1 is 0.838 bits per heavy atom. The van der Waals surface area contributed by atoms with Crippen molar-refractivity contribution >= 4 is 61.8 Å². The molecule has 74 heavy (non-hydrogen) atoms. The number of aliphatic hydroxyl groups excluding tert-OH is 1. The van der Waals surface area contributed by atoms with Gasteiger partial charge in [-0.1, -0.05) is 69.9 Å². The van der Waals surface area contributed by atoms with E-state index in [1.165, 1.54) is 16.7 Å². The van der Waals surface area contributed by atoms with Gasteiger partial charge in [-0.25, -0.2) is 9.55 Å². The van der Waals surface area contributed by atoms with Gasteiger partial charge in [-0.15, -0.1) is 0 Å². The lowest BCUT2D eigenvalue weighted by atomic mass is 10.0. The van der Waals surface area contributed by atoms with E-state index in [9.17, 15) is 53.0 Å². The molecule has 0 aliphatic carbocycles. The summed E-state index contributed by atoms with van der Waals surface area (Å²) < 4.78 is 28.9. The van der Waals surface area contributed by atoms with E-state index in [4.69, 9.17) is 20.9 Å². The number of amides is 7. The van der Waals surface area contributed by atoms with Crippen molar-refractivity contribution in [3.05, 3.63) is 54.1 Å². The predicted octanol–water partition coefficient (Wildman–Crippen LogP) is -0.243. The minimum atomic E-state index is -5.14. The van der Waals surface area contributed by atoms with Gasteiger partial charge in [0.1, 0.15) is 30.2 Å². The Hall–Kier alpha value is -4.98. The number of unbranched alkanes of at least 4 members (excludes halogenated alkanes) is 5. The van der Waals surface area contributed by atoms with E-state index in [1.54, 1.807) is 6.33 Å². The molecule has 2 heterocycles. The molecule has 0 unspecified atom stereocenters. The van der Waals surface area contributed by atoms with E-state index >= 15 is 0 Å². The quantitative estimate of drug-likeness (QED) is 0.0236. The molecule has 26 heteroatoms. The topological polar surface area (TPSA) is 358 Å². The van der Waals surface area contributed by atoms with E-state index in [1.807, 2.05) is 36.6 Å². The second-order valence-electron chi connectivity index (χ2n) is 18.6. The van der Waals surface area contributed by atoms with Gasteiger partial charge in [0.05, 0.1) is 57.9 Å². The first-order chi connectivity index (χ1) is 35.2. The number of aromatic nitrogens is 2. The van der Waals surface area contributed by atoms with E-state index in [0.717, 1.165) is 51.9 Å². The van der Waals surface area contributed by atoms with Crippen LogP contribution in [0.2, 0.25) is 0 Å². The molecule has 7 atom stereocenters. The van der Waals surface area contributed by atoms with Gasteiger partial charge in [-0.05, 0) is 56.9 Å². The van der Waals surface area contributed by atoms with Crippen molar-refractivity contribution in [2.24, 2.45) is 17.4 Å². The van der Waals surface area contributed by atoms with Crippen molar-refractivity contribution in [1.82, 2.24) is 41.0 Å². The third kappa shape index (κ3) is 23.7. The number of carbonyl (C=O) groups excluding carboxylic acids is 7. The van der Waals surface area contributed by atoms with Crippen LogP contribution in [0.25, 0.3) is 0 Å². The summed E-state index contributed by atoms with van der Waals surface area (Å²) in [6.45, 7) is 5.55. The first-order valence-electron chi connectivity index (χ1n) is 25.2. The van der Waals surface area contributed by atoms with Crippen LogP contribution in [0.5, 0.6) is 0 Å². The lowest BCUT2D eigenvalue weighted by molar-refractivity contribution is -0.140. The molecule has 0 radical (unpaired) electrons. The Morgan fingerprint density at radius 2 is 1.47 bits per heavy atom. The molecule has 1 aliphatic heterocycles. The lowest BCUT2D eigenvalue weighted by Crippen LogP contribution is -2.61. The third-order valence-electron chi connectivity index (χ3n) is 12.1. The number of primary amides is 1. The number of thiol groups is 1. The molecule has 0 bridgehead atoms. The Labute approximate surface area is 438 Å². The van der Waals surface area contributed by atoms with Gasteiger partial charge in [0.15, 0.2) is 0 Å². The van der Waals surface area contributed by atoms with E-state index in [-0.39, 0.29) is 75.7 Å². The van der Waals surface area contributed by atoms with Gasteiger partial charge in [-0.2, -0.15) is 12.6 Å². The summed E-state index contributed by atoms with van der Waals surface area (Å²) in [6, 6.07) is 2.55. The van der Waals surface area contributed by atoms with Crippen molar-refractivity contribution in [2.45, 2.75) is 147 Å². The van der Waals surface area contributed by atoms with E-state index in [2.05, 4.69) is 60.9 Å². The number of rotatable bonds is 37. The molecule has 24 nitrogen and oxygen atoms in total. The number of phosphoric ester groups is 1. The van der Waals surface area contributed by atoms with Crippen LogP contribution >= 0.6 is 20.5 Å². The number of benzene rings is 1. The van der Waals surface area contributed by atoms with Crippen LogP contribution in [0, 0.1) is 5.92 Å². The largest absolute Gasteiger partial charge is 0.469 e. The Morgan fingerprint density at radius 3 is 2.12 bits per heavy atom. The molecule has 0 spiro atoms. The summed E-state index contributed by atoms with van der Waals surface area (Å²) in [5.74, 6) is -5.23. The van der Waals surface area contributed by atoms with E-state index in [0.29, 0.717) is 31.6 Å². The molecule has 3 rings (SSSR count). The van der Waals surface area contributed by atoms with Crippen molar-refractivity contribution < 1.29 is 67.0 Å². The smallest absolute Gasteiger partial charge is 0.394 e. The average molecular weight is 1080 g/mol. The first-order valence-corrected chi connectivity index (χ1v) is 27.4. The van der Waals surface area contributed by atoms with Gasteiger partial charge in [-0.3, -0.25) is 38.1 Å². The summed E-state index contributed by atoms with van der Waals surface area (Å²) >= 11 is 3.99. The monoisotopic (exact) mass is 1080 g/mol. The molecule has 1 aromatic carbocycles. The summed E-state index contributed by atoms with van der Waals surface area (Å²) in [7, 11) is -5.14. The number of imidazole rings is 1. The third-order valence-corrected chi connectivity index (χ3v) is 13.1. The standard InChI is InChI=1S/C48H79N10O14PS/c1-32(2)26-37(54-48(66)40-17-13-21-58(40)41(60)18-22-70-24-25-71-23-19-52-44(62)36(49)30-74)45(63)53-38(46(64)55-39(29-59)47(65)56-42(43(50)61)33(3)72-73(67,68)69)27-35-28-51-31-57(35)20-12-7-5-4-6-9-14-34-15-10-8-11-16-34/h8,10-11,15-16,28,31-33,36-40,42,59,74H,4-7,9,12-14,17-27,29-30,49H2,1-3H3,(H2,50,61)(H,52,62)(H,53,63)(H,54,66)(H,55,64)(H,56,65)(H2,67,68,69)/t33-,36+,37+,38+,39+,40+,42+/m1/s1. The fraction of sp³-hybridized carbons (Fsp3) is 0.667. The summed E-state index contributed by atoms with van der Waals surface area (Å²) in [6.07, 6.45) is 9.39. The van der Waals surface area contributed by atoms with Gasteiger partial charge < -0.3 is 71.9 Å². The number of hydrogen-bond donors (Lipinski definition) is 11. The normalized spacial score (nSPS) is 16.1. The van der Waals surface area contributed by atoms with Gasteiger partial charge in [0.2, 0.25) is 41.4 Å². The zero-order valence-corrected chi connectivity index (χ0v) is 44.5. The second-order valence-corrected chi connectivity index (χ2v) is 20.2. The van der Waals surface area contributed by atoms with Gasteiger partial charge in [0.25, 0.3) is 0 Å². The maximum Gasteiger partial charge on any atom is 0.469 e. The number of aryl methyl sites for hydroxylation is 2. The SMILES string of the molecule is CC(C)C[C@H](NC(=O)[C@@H]1CCCN1C(=O)CCOCCOCCNC(=O)[C@@H](N)CS)C(=O)N[C@@H](Cc1cncn1CCCCCCCCc1ccccc1)C(=O)N[C@@H](CO)C(=O)N[C@H](C(N)=O)[C@@H](C)OP(=O)(O)O. The van der Waals surface area contributed by atoms with Gasteiger partial charge >= 0.3 is 7.82 Å². The summed E-state index contributed by atoms with van der Waals surface area (Å²) in [4.78, 5) is 117. The van der Waals surface area contributed by atoms with Crippen LogP contribution < -0.4 is 38.1 Å². The minimum absolute atomic E-state index is 0.0177. The molecule has 1 aliphatic rings. The highest BCUT2D eigenvalue weighted by atomic mass is 32.1. The van der Waals surface area contributed by atoms with Crippen LogP contribution in [-0.2, 0) is 71.5 Å². The van der Waals surface area contributed by atoms with Crippen molar-refractivity contribution in [3.63, 3.8) is 0 Å². The highest BCUT2D eigenvalue weighted by Crippen LogP contribution is 2.38. The summed E-state index contributed by atoms with van der Waals surface area (Å²) in [5.41, 5.74) is 12.9.